The van der Waals surface area contributed by atoms with E-state index in [1.165, 1.54) is 5.56 Å². The Hall–Kier alpha value is -1.81. The molecule has 1 spiro atoms. The monoisotopic (exact) mass is 353 g/mol. The van der Waals surface area contributed by atoms with E-state index in [9.17, 15) is 4.79 Å². The van der Waals surface area contributed by atoms with Crippen LogP contribution in [0.2, 0.25) is 0 Å². The molecule has 0 aromatic heterocycles. The van der Waals surface area contributed by atoms with E-state index in [-0.39, 0.29) is 27.8 Å². The van der Waals surface area contributed by atoms with Gasteiger partial charge in [-0.3, -0.25) is 9.79 Å². The zero-order valence-corrected chi connectivity index (χ0v) is 15.2. The highest BCUT2D eigenvalue weighted by atomic mass is 32.2. The molecule has 1 fully saturated rings. The first-order valence-electron chi connectivity index (χ1n) is 9.03. The minimum absolute atomic E-state index is 0.0398. The number of rotatable bonds is 4. The Balaban J connectivity index is 1.69. The fourth-order valence-corrected chi connectivity index (χ4v) is 6.52. The van der Waals surface area contributed by atoms with E-state index < -0.39 is 0 Å². The van der Waals surface area contributed by atoms with Gasteiger partial charge in [-0.25, -0.2) is 0 Å². The predicted octanol–water partition coefficient (Wildman–Crippen LogP) is 4.20. The SMILES string of the molecule is CCOC(=O)C1C(Cc2ccccc2)SC23CC=CC=C2N=CCC13. The van der Waals surface area contributed by atoms with Crippen LogP contribution in [0.1, 0.15) is 25.3 Å². The molecule has 0 bridgehead atoms. The first-order chi connectivity index (χ1) is 12.2. The van der Waals surface area contributed by atoms with Gasteiger partial charge in [0.25, 0.3) is 0 Å². The molecule has 1 aromatic rings. The minimum atomic E-state index is -0.0770. The fourth-order valence-electron chi connectivity index (χ4n) is 4.40. The highest BCUT2D eigenvalue weighted by Gasteiger charge is 2.59. The van der Waals surface area contributed by atoms with E-state index in [1.54, 1.807) is 0 Å². The second-order valence-electron chi connectivity index (χ2n) is 6.85. The molecule has 4 atom stereocenters. The van der Waals surface area contributed by atoms with Crippen LogP contribution in [0.4, 0.5) is 0 Å². The lowest BCUT2D eigenvalue weighted by molar-refractivity contribution is -0.149. The van der Waals surface area contributed by atoms with Crippen LogP contribution in [0.25, 0.3) is 0 Å². The smallest absolute Gasteiger partial charge is 0.310 e. The maximum atomic E-state index is 12.9. The number of hydrogen-bond donors (Lipinski definition) is 0. The Kier molecular flexibility index (Phi) is 4.55. The Morgan fingerprint density at radius 2 is 2.20 bits per heavy atom. The van der Waals surface area contributed by atoms with Gasteiger partial charge in [0.2, 0.25) is 0 Å². The van der Waals surface area contributed by atoms with Crippen LogP contribution in [0.5, 0.6) is 0 Å². The summed E-state index contributed by atoms with van der Waals surface area (Å²) in [5, 5.41) is 0.225. The normalized spacial score (nSPS) is 32.7. The standard InChI is InChI=1S/C21H23NO2S/c1-2-24-20(23)19-16-11-13-22-18-10-6-7-12-21(16,18)25-17(19)14-15-8-4-3-5-9-15/h3-10,13,16-17,19H,2,11-12,14H2,1H3. The number of carbonyl (C=O) groups is 1. The fraction of sp³-hybridized carbons (Fsp3) is 0.429. The number of ether oxygens (including phenoxy) is 1. The molecule has 0 saturated carbocycles. The number of nitrogens with zero attached hydrogens (tertiary/aromatic N) is 1. The third-order valence-electron chi connectivity index (χ3n) is 5.47. The van der Waals surface area contributed by atoms with E-state index in [0.717, 1.165) is 25.0 Å². The van der Waals surface area contributed by atoms with Crippen molar-refractivity contribution >= 4 is 23.9 Å². The van der Waals surface area contributed by atoms with Gasteiger partial charge in [-0.05, 0) is 43.7 Å². The highest BCUT2D eigenvalue weighted by Crippen LogP contribution is 2.61. The summed E-state index contributed by atoms with van der Waals surface area (Å²) < 4.78 is 5.42. The van der Waals surface area contributed by atoms with E-state index in [4.69, 9.17) is 4.74 Å². The summed E-state index contributed by atoms with van der Waals surface area (Å²) in [6.07, 6.45) is 11.1. The maximum Gasteiger partial charge on any atom is 0.310 e. The Labute approximate surface area is 153 Å². The van der Waals surface area contributed by atoms with Gasteiger partial charge in [0.15, 0.2) is 0 Å². The van der Waals surface area contributed by atoms with Crippen molar-refractivity contribution in [3.8, 4) is 0 Å². The zero-order valence-electron chi connectivity index (χ0n) is 14.4. The van der Waals surface area contributed by atoms with Gasteiger partial charge in [-0.15, -0.1) is 11.8 Å². The van der Waals surface area contributed by atoms with E-state index in [0.29, 0.717) is 6.61 Å². The zero-order chi connectivity index (χ0) is 17.3. The van der Waals surface area contributed by atoms with Gasteiger partial charge in [0, 0.05) is 11.5 Å². The lowest BCUT2D eigenvalue weighted by Gasteiger charge is -2.39. The molecule has 4 unspecified atom stereocenters. The third kappa shape index (κ3) is 2.86. The molecule has 0 radical (unpaired) electrons. The Bertz CT molecular complexity index is 740. The Morgan fingerprint density at radius 3 is 3.00 bits per heavy atom. The number of carbonyl (C=O) groups excluding carboxylic acids is 1. The summed E-state index contributed by atoms with van der Waals surface area (Å²) in [5.74, 6) is 0.146. The van der Waals surface area contributed by atoms with Gasteiger partial charge in [0.05, 0.1) is 23.0 Å². The second-order valence-corrected chi connectivity index (χ2v) is 8.42. The van der Waals surface area contributed by atoms with Crippen molar-refractivity contribution in [1.29, 1.82) is 0 Å². The van der Waals surface area contributed by atoms with Crippen LogP contribution < -0.4 is 0 Å². The summed E-state index contributed by atoms with van der Waals surface area (Å²) in [6, 6.07) is 10.5. The molecule has 1 aliphatic carbocycles. The van der Waals surface area contributed by atoms with Gasteiger partial charge < -0.3 is 4.74 Å². The quantitative estimate of drug-likeness (QED) is 0.762. The van der Waals surface area contributed by atoms with Crippen molar-refractivity contribution in [1.82, 2.24) is 0 Å². The molecule has 1 saturated heterocycles. The highest BCUT2D eigenvalue weighted by molar-refractivity contribution is 8.01. The number of aliphatic imine (C=N–C) groups is 1. The van der Waals surface area contributed by atoms with Crippen molar-refractivity contribution in [2.45, 2.75) is 36.2 Å². The molecule has 4 heteroatoms. The molecule has 2 heterocycles. The first-order valence-corrected chi connectivity index (χ1v) is 9.91. The van der Waals surface area contributed by atoms with Crippen LogP contribution in [0.3, 0.4) is 0 Å². The average Bonchev–Trinajstić information content (AvgIpc) is 2.94. The van der Waals surface area contributed by atoms with Crippen molar-refractivity contribution in [2.75, 3.05) is 6.61 Å². The summed E-state index contributed by atoms with van der Waals surface area (Å²) in [4.78, 5) is 17.5. The van der Waals surface area contributed by atoms with Crippen LogP contribution in [0.15, 0.2) is 59.2 Å². The number of benzene rings is 1. The Morgan fingerprint density at radius 1 is 1.36 bits per heavy atom. The predicted molar refractivity (Wildman–Crippen MR) is 103 cm³/mol. The first kappa shape index (κ1) is 16.6. The lowest BCUT2D eigenvalue weighted by atomic mass is 9.72. The second kappa shape index (κ2) is 6.83. The number of allylic oxidation sites excluding steroid dienone is 3. The molecule has 25 heavy (non-hydrogen) atoms. The average molecular weight is 353 g/mol. The summed E-state index contributed by atoms with van der Waals surface area (Å²) in [6.45, 7) is 2.33. The maximum absolute atomic E-state index is 12.9. The van der Waals surface area contributed by atoms with Gasteiger partial charge in [0.1, 0.15) is 0 Å². The molecular formula is C21H23NO2S. The summed E-state index contributed by atoms with van der Waals surface area (Å²) in [7, 11) is 0. The van der Waals surface area contributed by atoms with E-state index in [1.807, 2.05) is 31.0 Å². The van der Waals surface area contributed by atoms with Gasteiger partial charge >= 0.3 is 5.97 Å². The molecule has 2 aliphatic heterocycles. The third-order valence-corrected chi connectivity index (χ3v) is 7.33. The van der Waals surface area contributed by atoms with Crippen molar-refractivity contribution in [3.63, 3.8) is 0 Å². The largest absolute Gasteiger partial charge is 0.466 e. The molecule has 4 rings (SSSR count). The molecular weight excluding hydrogens is 330 g/mol. The van der Waals surface area contributed by atoms with Crippen LogP contribution >= 0.6 is 11.8 Å². The van der Waals surface area contributed by atoms with Crippen LogP contribution in [-0.2, 0) is 16.0 Å². The molecule has 0 amide bonds. The van der Waals surface area contributed by atoms with E-state index >= 15 is 0 Å². The topological polar surface area (TPSA) is 38.7 Å². The molecule has 130 valence electrons. The lowest BCUT2D eigenvalue weighted by Crippen LogP contribution is -2.41. The van der Waals surface area contributed by atoms with Crippen molar-refractivity contribution < 1.29 is 9.53 Å². The molecule has 3 aliphatic rings. The van der Waals surface area contributed by atoms with Crippen molar-refractivity contribution in [2.24, 2.45) is 16.8 Å². The minimum Gasteiger partial charge on any atom is -0.466 e. The van der Waals surface area contributed by atoms with Gasteiger partial charge in [-0.2, -0.15) is 0 Å². The van der Waals surface area contributed by atoms with Crippen molar-refractivity contribution in [3.05, 3.63) is 59.8 Å². The number of esters is 1. The summed E-state index contributed by atoms with van der Waals surface area (Å²) in [5.41, 5.74) is 2.41. The van der Waals surface area contributed by atoms with Gasteiger partial charge in [-0.1, -0.05) is 42.5 Å². The number of thioether (sulfide) groups is 1. The molecule has 1 aromatic carbocycles. The molecule has 3 nitrogen and oxygen atoms in total. The number of hydrogen-bond acceptors (Lipinski definition) is 4. The van der Waals surface area contributed by atoms with Crippen LogP contribution in [-0.4, -0.2) is 28.8 Å². The molecule has 0 N–H and O–H groups in total. The summed E-state index contributed by atoms with van der Waals surface area (Å²) >= 11 is 1.95. The van der Waals surface area contributed by atoms with Crippen LogP contribution in [0, 0.1) is 11.8 Å². The van der Waals surface area contributed by atoms with E-state index in [2.05, 4.69) is 47.5 Å².